The number of aryl methyl sites for hydroxylation is 1. The molecule has 0 aliphatic heterocycles. The fourth-order valence-electron chi connectivity index (χ4n) is 1.58. The van der Waals surface area contributed by atoms with Crippen LogP contribution in [0.1, 0.15) is 11.1 Å². The van der Waals surface area contributed by atoms with Crippen molar-refractivity contribution in [2.75, 3.05) is 5.73 Å². The van der Waals surface area contributed by atoms with E-state index in [0.29, 0.717) is 16.5 Å². The van der Waals surface area contributed by atoms with Gasteiger partial charge < -0.3 is 10.5 Å². The number of benzene rings is 2. The third-order valence-electron chi connectivity index (χ3n) is 2.58. The normalized spacial score (nSPS) is 10.4. The van der Waals surface area contributed by atoms with Gasteiger partial charge in [-0.25, -0.2) is 4.39 Å². The summed E-state index contributed by atoms with van der Waals surface area (Å²) in [7, 11) is 0. The molecule has 0 heterocycles. The van der Waals surface area contributed by atoms with Crippen LogP contribution < -0.4 is 10.5 Å². The van der Waals surface area contributed by atoms with Crippen molar-refractivity contribution in [2.45, 2.75) is 13.5 Å². The lowest BCUT2D eigenvalue weighted by atomic mass is 10.2. The van der Waals surface area contributed by atoms with Gasteiger partial charge in [0.1, 0.15) is 18.2 Å². The molecule has 0 bridgehead atoms. The zero-order chi connectivity index (χ0) is 13.1. The first-order chi connectivity index (χ1) is 8.56. The van der Waals surface area contributed by atoms with Crippen molar-refractivity contribution in [3.63, 3.8) is 0 Å². The number of anilines is 1. The lowest BCUT2D eigenvalue weighted by Crippen LogP contribution is -2.01. The average Bonchev–Trinajstić information content (AvgIpc) is 2.30. The molecule has 2 rings (SSSR count). The first-order valence-corrected chi connectivity index (χ1v) is 5.87. The summed E-state index contributed by atoms with van der Waals surface area (Å²) in [6.07, 6.45) is 0. The topological polar surface area (TPSA) is 35.2 Å². The van der Waals surface area contributed by atoms with Crippen molar-refractivity contribution >= 4 is 17.3 Å². The van der Waals surface area contributed by atoms with Gasteiger partial charge in [0.05, 0.1) is 5.02 Å². The Kier molecular flexibility index (Phi) is 3.72. The zero-order valence-corrected chi connectivity index (χ0v) is 10.7. The van der Waals surface area contributed by atoms with E-state index in [1.54, 1.807) is 12.1 Å². The highest BCUT2D eigenvalue weighted by atomic mass is 35.5. The Balaban J connectivity index is 2.11. The molecule has 2 aromatic carbocycles. The maximum Gasteiger partial charge on any atom is 0.138 e. The highest BCUT2D eigenvalue weighted by Crippen LogP contribution is 2.26. The van der Waals surface area contributed by atoms with E-state index in [-0.39, 0.29) is 12.4 Å². The highest BCUT2D eigenvalue weighted by molar-refractivity contribution is 6.32. The Morgan fingerprint density at radius 1 is 1.22 bits per heavy atom. The number of nitrogen functional groups attached to an aromatic ring is 1. The fourth-order valence-corrected chi connectivity index (χ4v) is 1.87. The summed E-state index contributed by atoms with van der Waals surface area (Å²) in [4.78, 5) is 0. The predicted molar refractivity (Wildman–Crippen MR) is 71.3 cm³/mol. The van der Waals surface area contributed by atoms with Gasteiger partial charge >= 0.3 is 0 Å². The van der Waals surface area contributed by atoms with Crippen LogP contribution in [0.5, 0.6) is 5.75 Å². The highest BCUT2D eigenvalue weighted by Gasteiger charge is 2.05. The molecule has 0 fully saturated rings. The van der Waals surface area contributed by atoms with Crippen LogP contribution >= 0.6 is 11.6 Å². The molecule has 0 aliphatic carbocycles. The summed E-state index contributed by atoms with van der Waals surface area (Å²) in [5, 5.41) is 0.552. The number of hydrogen-bond donors (Lipinski definition) is 1. The molecule has 18 heavy (non-hydrogen) atoms. The monoisotopic (exact) mass is 265 g/mol. The Bertz CT molecular complexity index is 520. The standard InChI is InChI=1S/C14H13ClFNO/c1-9-2-5-14(12(15)6-9)18-8-10-3-4-11(16)7-13(10)17/h2-7H,8,17H2,1H3. The van der Waals surface area contributed by atoms with Crippen LogP contribution in [0.3, 0.4) is 0 Å². The summed E-state index contributed by atoms with van der Waals surface area (Å²) in [5.74, 6) is 0.232. The van der Waals surface area contributed by atoms with Gasteiger partial charge in [0, 0.05) is 11.3 Å². The first kappa shape index (κ1) is 12.7. The van der Waals surface area contributed by atoms with Crippen molar-refractivity contribution in [1.29, 1.82) is 0 Å². The van der Waals surface area contributed by atoms with E-state index in [0.717, 1.165) is 11.1 Å². The number of rotatable bonds is 3. The lowest BCUT2D eigenvalue weighted by molar-refractivity contribution is 0.307. The molecule has 0 aliphatic rings. The third-order valence-corrected chi connectivity index (χ3v) is 2.87. The SMILES string of the molecule is Cc1ccc(OCc2ccc(F)cc2N)c(Cl)c1. The largest absolute Gasteiger partial charge is 0.487 e. The third kappa shape index (κ3) is 2.93. The van der Waals surface area contributed by atoms with Crippen LogP contribution in [0.25, 0.3) is 0 Å². The summed E-state index contributed by atoms with van der Waals surface area (Å²) in [5.41, 5.74) is 7.86. The van der Waals surface area contributed by atoms with Gasteiger partial charge in [-0.1, -0.05) is 23.7 Å². The molecule has 0 atom stereocenters. The molecular weight excluding hydrogens is 253 g/mol. The molecule has 2 aromatic rings. The van der Waals surface area contributed by atoms with E-state index in [4.69, 9.17) is 22.1 Å². The van der Waals surface area contributed by atoms with E-state index >= 15 is 0 Å². The van der Waals surface area contributed by atoms with Gasteiger partial charge in [0.2, 0.25) is 0 Å². The van der Waals surface area contributed by atoms with Gasteiger partial charge in [0.25, 0.3) is 0 Å². The molecule has 0 spiro atoms. The molecule has 2 nitrogen and oxygen atoms in total. The number of halogens is 2. The zero-order valence-electron chi connectivity index (χ0n) is 9.91. The molecule has 4 heteroatoms. The average molecular weight is 266 g/mol. The number of hydrogen-bond acceptors (Lipinski definition) is 2. The van der Waals surface area contributed by atoms with Crippen LogP contribution in [-0.2, 0) is 6.61 Å². The second-order valence-corrected chi connectivity index (χ2v) is 4.47. The first-order valence-electron chi connectivity index (χ1n) is 5.49. The van der Waals surface area contributed by atoms with Gasteiger partial charge in [-0.2, -0.15) is 0 Å². The fraction of sp³-hybridized carbons (Fsp3) is 0.143. The van der Waals surface area contributed by atoms with Crippen LogP contribution in [-0.4, -0.2) is 0 Å². The molecular formula is C14H13ClFNO. The van der Waals surface area contributed by atoms with Crippen LogP contribution in [0.15, 0.2) is 36.4 Å². The molecule has 2 N–H and O–H groups in total. The maximum atomic E-state index is 12.9. The van der Waals surface area contributed by atoms with E-state index in [1.807, 2.05) is 19.1 Å². The summed E-state index contributed by atoms with van der Waals surface area (Å²) >= 11 is 6.04. The minimum absolute atomic E-state index is 0.259. The Hall–Kier alpha value is -1.74. The minimum Gasteiger partial charge on any atom is -0.487 e. The molecule has 0 radical (unpaired) electrons. The molecule has 0 saturated carbocycles. The van der Waals surface area contributed by atoms with Gasteiger partial charge in [0.15, 0.2) is 0 Å². The van der Waals surface area contributed by atoms with Crippen molar-refractivity contribution in [3.05, 3.63) is 58.4 Å². The second kappa shape index (κ2) is 5.27. The van der Waals surface area contributed by atoms with Gasteiger partial charge in [-0.15, -0.1) is 0 Å². The van der Waals surface area contributed by atoms with Crippen LogP contribution in [0.4, 0.5) is 10.1 Å². The smallest absolute Gasteiger partial charge is 0.138 e. The maximum absolute atomic E-state index is 12.9. The van der Waals surface area contributed by atoms with E-state index in [1.165, 1.54) is 12.1 Å². The Morgan fingerprint density at radius 3 is 2.67 bits per heavy atom. The van der Waals surface area contributed by atoms with E-state index in [2.05, 4.69) is 0 Å². The van der Waals surface area contributed by atoms with Crippen LogP contribution in [0, 0.1) is 12.7 Å². The van der Waals surface area contributed by atoms with Crippen molar-refractivity contribution in [2.24, 2.45) is 0 Å². The van der Waals surface area contributed by atoms with Crippen molar-refractivity contribution < 1.29 is 9.13 Å². The molecule has 94 valence electrons. The molecule has 0 amide bonds. The van der Waals surface area contributed by atoms with Crippen LogP contribution in [0.2, 0.25) is 5.02 Å². The quantitative estimate of drug-likeness (QED) is 0.853. The Morgan fingerprint density at radius 2 is 2.00 bits per heavy atom. The second-order valence-electron chi connectivity index (χ2n) is 4.07. The number of ether oxygens (including phenoxy) is 1. The number of nitrogens with two attached hydrogens (primary N) is 1. The van der Waals surface area contributed by atoms with E-state index in [9.17, 15) is 4.39 Å². The lowest BCUT2D eigenvalue weighted by Gasteiger charge is -2.10. The Labute approximate surface area is 110 Å². The molecule has 0 unspecified atom stereocenters. The van der Waals surface area contributed by atoms with Crippen molar-refractivity contribution in [3.8, 4) is 5.75 Å². The van der Waals surface area contributed by atoms with E-state index < -0.39 is 0 Å². The van der Waals surface area contributed by atoms with Crippen molar-refractivity contribution in [1.82, 2.24) is 0 Å². The molecule has 0 saturated heterocycles. The molecule has 0 aromatic heterocycles. The van der Waals surface area contributed by atoms with Gasteiger partial charge in [-0.05, 0) is 36.8 Å². The van der Waals surface area contributed by atoms with Gasteiger partial charge in [-0.3, -0.25) is 0 Å². The summed E-state index contributed by atoms with van der Waals surface area (Å²) in [6.45, 7) is 2.21. The summed E-state index contributed by atoms with van der Waals surface area (Å²) in [6, 6.07) is 9.77. The summed E-state index contributed by atoms with van der Waals surface area (Å²) < 4.78 is 18.4. The predicted octanol–water partition coefficient (Wildman–Crippen LogP) is 3.95. The minimum atomic E-state index is -0.357.